The van der Waals surface area contributed by atoms with Gasteiger partial charge in [-0.2, -0.15) is 5.10 Å². The molecule has 1 heterocycles. The van der Waals surface area contributed by atoms with Gasteiger partial charge in [0.15, 0.2) is 5.82 Å². The van der Waals surface area contributed by atoms with Crippen molar-refractivity contribution in [2.75, 3.05) is 10.5 Å². The first-order valence-electron chi connectivity index (χ1n) is 6.03. The second-order valence-corrected chi connectivity index (χ2v) is 6.82. The van der Waals surface area contributed by atoms with Crippen LogP contribution >= 0.6 is 15.9 Å². The molecule has 0 radical (unpaired) electrons. The fourth-order valence-electron chi connectivity index (χ4n) is 1.73. The van der Waals surface area contributed by atoms with Gasteiger partial charge < -0.3 is 5.73 Å². The Morgan fingerprint density at radius 1 is 1.45 bits per heavy atom. The molecular weight excluding hydrogens is 344 g/mol. The standard InChI is InChI=1S/C12H15BrN4O2S/c1-2-6-17-8-11(12(14)15-17)20(18,19)16-10-5-3-4-9(13)7-10/h3-5,7-8,16H,2,6H2,1H3,(H2,14,15). The van der Waals surface area contributed by atoms with E-state index in [4.69, 9.17) is 5.73 Å². The molecule has 2 rings (SSSR count). The molecule has 0 saturated carbocycles. The quantitative estimate of drug-likeness (QED) is 0.858. The topological polar surface area (TPSA) is 90.0 Å². The van der Waals surface area contributed by atoms with Crippen molar-refractivity contribution in [1.82, 2.24) is 9.78 Å². The van der Waals surface area contributed by atoms with Crippen LogP contribution in [-0.2, 0) is 16.6 Å². The highest BCUT2D eigenvalue weighted by Gasteiger charge is 2.21. The van der Waals surface area contributed by atoms with E-state index in [1.54, 1.807) is 18.2 Å². The number of halogens is 1. The summed E-state index contributed by atoms with van der Waals surface area (Å²) in [5.41, 5.74) is 6.14. The van der Waals surface area contributed by atoms with Gasteiger partial charge in [0.05, 0.1) is 0 Å². The molecule has 0 aliphatic rings. The van der Waals surface area contributed by atoms with Crippen LogP contribution in [-0.4, -0.2) is 18.2 Å². The number of hydrogen-bond acceptors (Lipinski definition) is 4. The fourth-order valence-corrected chi connectivity index (χ4v) is 3.25. The number of nitrogen functional groups attached to an aromatic ring is 1. The minimum absolute atomic E-state index is 0.000877. The Labute approximate surface area is 126 Å². The Morgan fingerprint density at radius 2 is 2.20 bits per heavy atom. The van der Waals surface area contributed by atoms with E-state index < -0.39 is 10.0 Å². The molecule has 0 spiro atoms. The van der Waals surface area contributed by atoms with E-state index in [0.29, 0.717) is 12.2 Å². The molecule has 0 fully saturated rings. The van der Waals surface area contributed by atoms with Gasteiger partial charge in [0.25, 0.3) is 10.0 Å². The van der Waals surface area contributed by atoms with Crippen LogP contribution in [0.4, 0.5) is 11.5 Å². The predicted octanol–water partition coefficient (Wildman–Crippen LogP) is 2.44. The van der Waals surface area contributed by atoms with E-state index in [1.165, 1.54) is 10.9 Å². The van der Waals surface area contributed by atoms with Crippen molar-refractivity contribution in [3.05, 3.63) is 34.9 Å². The average molecular weight is 359 g/mol. The largest absolute Gasteiger partial charge is 0.381 e. The molecule has 0 aliphatic carbocycles. The van der Waals surface area contributed by atoms with Gasteiger partial charge in [-0.05, 0) is 24.6 Å². The molecule has 1 aromatic carbocycles. The van der Waals surface area contributed by atoms with Crippen LogP contribution in [0.3, 0.4) is 0 Å². The summed E-state index contributed by atoms with van der Waals surface area (Å²) < 4.78 is 29.4. The lowest BCUT2D eigenvalue weighted by atomic mass is 10.3. The Morgan fingerprint density at radius 3 is 2.85 bits per heavy atom. The summed E-state index contributed by atoms with van der Waals surface area (Å²) in [4.78, 5) is -0.00840. The third kappa shape index (κ3) is 3.31. The molecule has 0 amide bonds. The lowest BCUT2D eigenvalue weighted by Crippen LogP contribution is -2.13. The molecule has 0 atom stereocenters. The third-order valence-electron chi connectivity index (χ3n) is 2.57. The van der Waals surface area contributed by atoms with Gasteiger partial charge >= 0.3 is 0 Å². The minimum atomic E-state index is -3.74. The van der Waals surface area contributed by atoms with Crippen LogP contribution in [0.2, 0.25) is 0 Å². The summed E-state index contributed by atoms with van der Waals surface area (Å²) in [5, 5.41) is 3.99. The molecule has 0 saturated heterocycles. The van der Waals surface area contributed by atoms with E-state index in [0.717, 1.165) is 10.9 Å². The summed E-state index contributed by atoms with van der Waals surface area (Å²) in [6, 6.07) is 6.89. The number of nitrogens with one attached hydrogen (secondary N) is 1. The Hall–Kier alpha value is -1.54. The maximum Gasteiger partial charge on any atom is 0.267 e. The number of aromatic nitrogens is 2. The number of nitrogens with two attached hydrogens (primary N) is 1. The first kappa shape index (κ1) is 14.9. The highest BCUT2D eigenvalue weighted by atomic mass is 79.9. The third-order valence-corrected chi connectivity index (χ3v) is 4.47. The van der Waals surface area contributed by atoms with Crippen molar-refractivity contribution in [3.8, 4) is 0 Å². The number of sulfonamides is 1. The summed E-state index contributed by atoms with van der Waals surface area (Å²) in [5.74, 6) is 0.000877. The predicted molar refractivity (Wildman–Crippen MR) is 81.9 cm³/mol. The van der Waals surface area contributed by atoms with Crippen molar-refractivity contribution in [2.24, 2.45) is 0 Å². The van der Waals surface area contributed by atoms with Gasteiger partial charge in [0.1, 0.15) is 4.90 Å². The SMILES string of the molecule is CCCn1cc(S(=O)(=O)Nc2cccc(Br)c2)c(N)n1. The van der Waals surface area contributed by atoms with Crippen LogP contribution in [0.25, 0.3) is 0 Å². The van der Waals surface area contributed by atoms with Crippen molar-refractivity contribution >= 4 is 37.5 Å². The van der Waals surface area contributed by atoms with Gasteiger partial charge in [-0.1, -0.05) is 28.9 Å². The number of rotatable bonds is 5. The van der Waals surface area contributed by atoms with Crippen LogP contribution in [0.5, 0.6) is 0 Å². The summed E-state index contributed by atoms with van der Waals surface area (Å²) >= 11 is 3.29. The molecule has 20 heavy (non-hydrogen) atoms. The maximum absolute atomic E-state index is 12.3. The molecule has 6 nitrogen and oxygen atoms in total. The molecule has 2 aromatic rings. The van der Waals surface area contributed by atoms with Crippen LogP contribution in [0, 0.1) is 0 Å². The molecule has 0 aliphatic heterocycles. The summed E-state index contributed by atoms with van der Waals surface area (Å²) in [6.07, 6.45) is 2.29. The smallest absolute Gasteiger partial charge is 0.267 e. The van der Waals surface area contributed by atoms with Crippen LogP contribution in [0.15, 0.2) is 39.8 Å². The zero-order chi connectivity index (χ0) is 14.8. The highest BCUT2D eigenvalue weighted by Crippen LogP contribution is 2.22. The van der Waals surface area contributed by atoms with Gasteiger partial charge in [-0.3, -0.25) is 9.40 Å². The van der Waals surface area contributed by atoms with E-state index in [-0.39, 0.29) is 10.7 Å². The highest BCUT2D eigenvalue weighted by molar-refractivity contribution is 9.10. The van der Waals surface area contributed by atoms with Gasteiger partial charge in [0.2, 0.25) is 0 Å². The zero-order valence-corrected chi connectivity index (χ0v) is 13.3. The lowest BCUT2D eigenvalue weighted by Gasteiger charge is -2.06. The Balaban J connectivity index is 2.30. The van der Waals surface area contributed by atoms with E-state index in [2.05, 4.69) is 25.8 Å². The van der Waals surface area contributed by atoms with Crippen LogP contribution in [0.1, 0.15) is 13.3 Å². The molecule has 8 heteroatoms. The number of benzene rings is 1. The van der Waals surface area contributed by atoms with Crippen LogP contribution < -0.4 is 10.5 Å². The second-order valence-electron chi connectivity index (χ2n) is 4.26. The van der Waals surface area contributed by atoms with Crippen molar-refractivity contribution in [3.63, 3.8) is 0 Å². The van der Waals surface area contributed by atoms with Gasteiger partial charge in [0, 0.05) is 22.9 Å². The molecule has 3 N–H and O–H groups in total. The first-order chi connectivity index (χ1) is 9.42. The van der Waals surface area contributed by atoms with E-state index in [1.807, 2.05) is 13.0 Å². The van der Waals surface area contributed by atoms with Crippen molar-refractivity contribution < 1.29 is 8.42 Å². The minimum Gasteiger partial charge on any atom is -0.381 e. The van der Waals surface area contributed by atoms with Gasteiger partial charge in [-0.25, -0.2) is 8.42 Å². The fraction of sp³-hybridized carbons (Fsp3) is 0.250. The van der Waals surface area contributed by atoms with E-state index >= 15 is 0 Å². The monoisotopic (exact) mass is 358 g/mol. The number of anilines is 2. The summed E-state index contributed by atoms with van der Waals surface area (Å²) in [7, 11) is -3.74. The zero-order valence-electron chi connectivity index (χ0n) is 10.9. The van der Waals surface area contributed by atoms with Gasteiger partial charge in [-0.15, -0.1) is 0 Å². The molecule has 108 valence electrons. The van der Waals surface area contributed by atoms with E-state index in [9.17, 15) is 8.42 Å². The Kier molecular flexibility index (Phi) is 4.34. The summed E-state index contributed by atoms with van der Waals surface area (Å²) in [6.45, 7) is 2.60. The Bertz CT molecular complexity index is 712. The van der Waals surface area contributed by atoms with Crippen molar-refractivity contribution in [2.45, 2.75) is 24.8 Å². The normalized spacial score (nSPS) is 11.5. The molecular formula is C12H15BrN4O2S. The molecule has 0 bridgehead atoms. The number of hydrogen-bond donors (Lipinski definition) is 2. The maximum atomic E-state index is 12.3. The second kappa shape index (κ2) is 5.84. The average Bonchev–Trinajstić information content (AvgIpc) is 2.71. The molecule has 0 unspecified atom stereocenters. The lowest BCUT2D eigenvalue weighted by molar-refractivity contribution is 0.595. The number of aryl methyl sites for hydroxylation is 1. The molecule has 1 aromatic heterocycles. The van der Waals surface area contributed by atoms with Crippen molar-refractivity contribution in [1.29, 1.82) is 0 Å². The number of nitrogens with zero attached hydrogens (tertiary/aromatic N) is 2. The first-order valence-corrected chi connectivity index (χ1v) is 8.31.